The first-order chi connectivity index (χ1) is 9.19. The molecule has 1 atom stereocenters. The van der Waals surface area contributed by atoms with Crippen molar-refractivity contribution in [2.24, 2.45) is 11.3 Å². The van der Waals surface area contributed by atoms with Gasteiger partial charge in [-0.15, -0.1) is 0 Å². The van der Waals surface area contributed by atoms with E-state index in [1.807, 2.05) is 4.90 Å². The summed E-state index contributed by atoms with van der Waals surface area (Å²) in [6, 6.07) is 0. The number of hydrogen-bond acceptors (Lipinski definition) is 3. The Morgan fingerprint density at radius 1 is 1.32 bits per heavy atom. The number of hydrogen-bond donors (Lipinski definition) is 1. The highest BCUT2D eigenvalue weighted by atomic mass is 16.5. The second kappa shape index (κ2) is 5.12. The van der Waals surface area contributed by atoms with Crippen LogP contribution in [0.1, 0.15) is 32.1 Å². The van der Waals surface area contributed by atoms with E-state index in [2.05, 4.69) is 5.32 Å². The molecule has 106 valence electrons. The summed E-state index contributed by atoms with van der Waals surface area (Å²) in [7, 11) is 0. The molecule has 3 aliphatic heterocycles. The highest BCUT2D eigenvalue weighted by Crippen LogP contribution is 2.38. The van der Waals surface area contributed by atoms with Crippen molar-refractivity contribution in [2.75, 3.05) is 32.8 Å². The summed E-state index contributed by atoms with van der Waals surface area (Å²) in [5, 5.41) is 2.98. The van der Waals surface area contributed by atoms with Gasteiger partial charge in [0.2, 0.25) is 11.8 Å². The lowest BCUT2D eigenvalue weighted by atomic mass is 9.73. The fourth-order valence-electron chi connectivity index (χ4n) is 3.46. The number of carbonyl (C=O) groups is 2. The van der Waals surface area contributed by atoms with Crippen LogP contribution in [0.5, 0.6) is 0 Å². The van der Waals surface area contributed by atoms with Crippen molar-refractivity contribution in [3.05, 3.63) is 0 Å². The number of rotatable bonds is 1. The van der Waals surface area contributed by atoms with Crippen LogP contribution in [0, 0.1) is 11.3 Å². The van der Waals surface area contributed by atoms with Crippen LogP contribution in [0.3, 0.4) is 0 Å². The highest BCUT2D eigenvalue weighted by molar-refractivity contribution is 5.79. The summed E-state index contributed by atoms with van der Waals surface area (Å²) in [5.41, 5.74) is 0.247. The van der Waals surface area contributed by atoms with Crippen LogP contribution in [0.25, 0.3) is 0 Å². The van der Waals surface area contributed by atoms with E-state index in [1.54, 1.807) is 0 Å². The van der Waals surface area contributed by atoms with Gasteiger partial charge in [-0.2, -0.15) is 0 Å². The minimum absolute atomic E-state index is 0.0834. The molecule has 19 heavy (non-hydrogen) atoms. The van der Waals surface area contributed by atoms with E-state index in [0.717, 1.165) is 51.9 Å². The van der Waals surface area contributed by atoms with Gasteiger partial charge in [0.25, 0.3) is 0 Å². The summed E-state index contributed by atoms with van der Waals surface area (Å²) in [4.78, 5) is 25.5. The van der Waals surface area contributed by atoms with Crippen LogP contribution in [0.15, 0.2) is 0 Å². The number of ether oxygens (including phenoxy) is 1. The van der Waals surface area contributed by atoms with Crippen LogP contribution < -0.4 is 5.32 Å². The average molecular weight is 266 g/mol. The predicted octanol–water partition coefficient (Wildman–Crippen LogP) is 0.542. The molecular formula is C14H22N2O3. The molecule has 3 saturated heterocycles. The number of likely N-dealkylation sites (tertiary alicyclic amines) is 1. The monoisotopic (exact) mass is 266 g/mol. The molecule has 0 aromatic rings. The quantitative estimate of drug-likeness (QED) is 0.753. The van der Waals surface area contributed by atoms with Gasteiger partial charge in [0.05, 0.1) is 12.5 Å². The maximum Gasteiger partial charge on any atom is 0.228 e. The molecule has 3 heterocycles. The van der Waals surface area contributed by atoms with Gasteiger partial charge in [-0.05, 0) is 31.1 Å². The molecule has 0 saturated carbocycles. The largest absolute Gasteiger partial charge is 0.381 e. The van der Waals surface area contributed by atoms with Crippen LogP contribution in [-0.2, 0) is 14.3 Å². The Labute approximate surface area is 113 Å². The third kappa shape index (κ3) is 2.61. The molecule has 2 amide bonds. The second-order valence-corrected chi connectivity index (χ2v) is 6.16. The molecule has 0 bridgehead atoms. The minimum Gasteiger partial charge on any atom is -0.381 e. The van der Waals surface area contributed by atoms with Crippen molar-refractivity contribution >= 4 is 11.8 Å². The number of amides is 2. The van der Waals surface area contributed by atoms with E-state index in [1.165, 1.54) is 0 Å². The lowest BCUT2D eigenvalue weighted by Crippen LogP contribution is -2.51. The van der Waals surface area contributed by atoms with Crippen LogP contribution in [0.2, 0.25) is 0 Å². The Kier molecular flexibility index (Phi) is 3.48. The average Bonchev–Trinajstić information content (AvgIpc) is 2.97. The molecule has 5 nitrogen and oxygen atoms in total. The highest BCUT2D eigenvalue weighted by Gasteiger charge is 2.39. The summed E-state index contributed by atoms with van der Waals surface area (Å²) < 4.78 is 5.30. The van der Waals surface area contributed by atoms with Crippen molar-refractivity contribution < 1.29 is 14.3 Å². The molecule has 0 aliphatic carbocycles. The maximum absolute atomic E-state index is 12.3. The Morgan fingerprint density at radius 3 is 2.68 bits per heavy atom. The van der Waals surface area contributed by atoms with E-state index in [9.17, 15) is 9.59 Å². The number of carbonyl (C=O) groups excluding carboxylic acids is 2. The van der Waals surface area contributed by atoms with Crippen LogP contribution in [-0.4, -0.2) is 49.6 Å². The second-order valence-electron chi connectivity index (χ2n) is 6.16. The number of nitrogens with one attached hydrogen (secondary N) is 1. The molecule has 3 rings (SSSR count). The van der Waals surface area contributed by atoms with E-state index in [-0.39, 0.29) is 23.1 Å². The van der Waals surface area contributed by atoms with Crippen molar-refractivity contribution in [3.63, 3.8) is 0 Å². The van der Waals surface area contributed by atoms with Crippen LogP contribution >= 0.6 is 0 Å². The number of piperidine rings is 2. The minimum atomic E-state index is 0.0834. The van der Waals surface area contributed by atoms with Gasteiger partial charge in [-0.25, -0.2) is 0 Å². The normalized spacial score (nSPS) is 30.4. The predicted molar refractivity (Wildman–Crippen MR) is 69.4 cm³/mol. The molecule has 3 fully saturated rings. The first-order valence-electron chi connectivity index (χ1n) is 7.32. The Morgan fingerprint density at radius 2 is 2.11 bits per heavy atom. The molecule has 0 radical (unpaired) electrons. The van der Waals surface area contributed by atoms with E-state index in [4.69, 9.17) is 4.74 Å². The van der Waals surface area contributed by atoms with Crippen molar-refractivity contribution in [1.29, 1.82) is 0 Å². The maximum atomic E-state index is 12.3. The fraction of sp³-hybridized carbons (Fsp3) is 0.857. The number of nitrogens with zero attached hydrogens (tertiary/aromatic N) is 1. The lowest BCUT2D eigenvalue weighted by Gasteiger charge is -2.44. The van der Waals surface area contributed by atoms with Gasteiger partial charge in [0.15, 0.2) is 0 Å². The molecular weight excluding hydrogens is 244 g/mol. The van der Waals surface area contributed by atoms with E-state index < -0.39 is 0 Å². The van der Waals surface area contributed by atoms with Crippen LogP contribution in [0.4, 0.5) is 0 Å². The van der Waals surface area contributed by atoms with Gasteiger partial charge in [-0.3, -0.25) is 9.59 Å². The van der Waals surface area contributed by atoms with E-state index in [0.29, 0.717) is 13.0 Å². The summed E-state index contributed by atoms with van der Waals surface area (Å²) in [5.74, 6) is 0.527. The Hall–Kier alpha value is -1.10. The molecule has 1 unspecified atom stereocenters. The zero-order valence-electron chi connectivity index (χ0n) is 11.3. The summed E-state index contributed by atoms with van der Waals surface area (Å²) >= 11 is 0. The molecule has 0 aromatic heterocycles. The standard InChI is InChI=1S/C14H22N2O3/c17-12-1-3-14(10-15-12)4-6-16(7-5-14)13(18)11-2-8-19-9-11/h11H,1-10H2,(H,15,17). The third-order valence-corrected chi connectivity index (χ3v) is 4.96. The Bertz CT molecular complexity index is 357. The van der Waals surface area contributed by atoms with Gasteiger partial charge in [-0.1, -0.05) is 0 Å². The third-order valence-electron chi connectivity index (χ3n) is 4.96. The lowest BCUT2D eigenvalue weighted by molar-refractivity contribution is -0.139. The Balaban J connectivity index is 1.54. The molecule has 0 aromatic carbocycles. The molecule has 1 spiro atoms. The fourth-order valence-corrected chi connectivity index (χ4v) is 3.46. The molecule has 3 aliphatic rings. The van der Waals surface area contributed by atoms with E-state index >= 15 is 0 Å². The zero-order valence-corrected chi connectivity index (χ0v) is 11.3. The molecule has 1 N–H and O–H groups in total. The summed E-state index contributed by atoms with van der Waals surface area (Å²) in [6.45, 7) is 3.79. The zero-order chi connectivity index (χ0) is 13.3. The van der Waals surface area contributed by atoms with Crippen molar-refractivity contribution in [2.45, 2.75) is 32.1 Å². The first-order valence-corrected chi connectivity index (χ1v) is 7.32. The van der Waals surface area contributed by atoms with Gasteiger partial charge < -0.3 is 15.0 Å². The van der Waals surface area contributed by atoms with Gasteiger partial charge in [0, 0.05) is 32.7 Å². The van der Waals surface area contributed by atoms with Gasteiger partial charge in [0.1, 0.15) is 0 Å². The summed E-state index contributed by atoms with van der Waals surface area (Å²) in [6.07, 6.45) is 4.54. The molecule has 5 heteroatoms. The van der Waals surface area contributed by atoms with Gasteiger partial charge >= 0.3 is 0 Å². The smallest absolute Gasteiger partial charge is 0.228 e. The SMILES string of the molecule is O=C1CCC2(CCN(C(=O)C3CCOC3)CC2)CN1. The topological polar surface area (TPSA) is 58.6 Å². The van der Waals surface area contributed by atoms with Crippen molar-refractivity contribution in [1.82, 2.24) is 10.2 Å². The first kappa shape index (κ1) is 12.9. The van der Waals surface area contributed by atoms with Crippen molar-refractivity contribution in [3.8, 4) is 0 Å².